The molecule has 6 heteroatoms. The first-order valence-corrected chi connectivity index (χ1v) is 10.7. The summed E-state index contributed by atoms with van der Waals surface area (Å²) >= 11 is 6.22. The molecular weight excluding hydrogens is 360 g/mol. The Labute approximate surface area is 165 Å². The van der Waals surface area contributed by atoms with Crippen LogP contribution in [0.25, 0.3) is 5.69 Å². The lowest BCUT2D eigenvalue weighted by Gasteiger charge is -2.30. The molecule has 1 N–H and O–H groups in total. The van der Waals surface area contributed by atoms with Crippen molar-refractivity contribution in [2.75, 3.05) is 0 Å². The number of fused-ring (bicyclic) bond motifs is 3. The molecule has 1 aromatic heterocycles. The van der Waals surface area contributed by atoms with Gasteiger partial charge in [0.15, 0.2) is 5.82 Å². The normalized spacial score (nSPS) is 25.8. The largest absolute Gasteiger partial charge is 0.375 e. The number of halogens is 1. The number of hydrogen-bond donors (Lipinski definition) is 1. The summed E-state index contributed by atoms with van der Waals surface area (Å²) < 4.78 is 8.62. The summed E-state index contributed by atoms with van der Waals surface area (Å²) in [5.74, 6) is 2.56. The molecule has 0 saturated heterocycles. The molecule has 5 nitrogen and oxygen atoms in total. The van der Waals surface area contributed by atoms with Gasteiger partial charge in [-0.15, -0.1) is 10.2 Å². The lowest BCUT2D eigenvalue weighted by atomic mass is 9.86. The maximum atomic E-state index is 6.35. The van der Waals surface area contributed by atoms with Gasteiger partial charge in [0.05, 0.1) is 24.4 Å². The van der Waals surface area contributed by atoms with Crippen LogP contribution in [-0.2, 0) is 17.8 Å². The fourth-order valence-electron chi connectivity index (χ4n) is 4.95. The van der Waals surface area contributed by atoms with Crippen LogP contribution in [0.1, 0.15) is 74.5 Å². The lowest BCUT2D eigenvalue weighted by Crippen LogP contribution is -2.26. The van der Waals surface area contributed by atoms with Gasteiger partial charge in [-0.2, -0.15) is 0 Å². The summed E-state index contributed by atoms with van der Waals surface area (Å²) in [5, 5.41) is 13.3. The predicted octanol–water partition coefficient (Wildman–Crippen LogP) is 4.51. The quantitative estimate of drug-likeness (QED) is 0.843. The third kappa shape index (κ3) is 3.53. The van der Waals surface area contributed by atoms with Crippen LogP contribution in [0.5, 0.6) is 0 Å². The minimum atomic E-state index is 0.434. The van der Waals surface area contributed by atoms with Gasteiger partial charge >= 0.3 is 0 Å². The van der Waals surface area contributed by atoms with Gasteiger partial charge in [-0.3, -0.25) is 4.57 Å². The van der Waals surface area contributed by atoms with Crippen LogP contribution in [0.4, 0.5) is 0 Å². The SMILES string of the molecule is Clc1ccc2c(c1)CNCc1nnc(C3CCC(OC4CCCC4)CC3)n1-2. The van der Waals surface area contributed by atoms with Crippen molar-refractivity contribution < 1.29 is 4.74 Å². The van der Waals surface area contributed by atoms with Crippen molar-refractivity contribution in [2.45, 2.75) is 82.6 Å². The fourth-order valence-corrected chi connectivity index (χ4v) is 5.14. The molecule has 0 spiro atoms. The number of nitrogens with one attached hydrogen (secondary N) is 1. The third-order valence-corrected chi connectivity index (χ3v) is 6.60. The maximum absolute atomic E-state index is 6.35. The van der Waals surface area contributed by atoms with Crippen molar-refractivity contribution in [3.63, 3.8) is 0 Å². The molecule has 1 aromatic carbocycles. The van der Waals surface area contributed by atoms with Gasteiger partial charge in [0.2, 0.25) is 0 Å². The highest BCUT2D eigenvalue weighted by molar-refractivity contribution is 6.30. The highest BCUT2D eigenvalue weighted by Crippen LogP contribution is 2.37. The van der Waals surface area contributed by atoms with Crippen molar-refractivity contribution in [3.8, 4) is 5.69 Å². The first kappa shape index (κ1) is 17.7. The Morgan fingerprint density at radius 2 is 1.74 bits per heavy atom. The Morgan fingerprint density at radius 3 is 2.56 bits per heavy atom. The van der Waals surface area contributed by atoms with Gasteiger partial charge in [-0.05, 0) is 62.3 Å². The van der Waals surface area contributed by atoms with E-state index < -0.39 is 0 Å². The molecule has 144 valence electrons. The van der Waals surface area contributed by atoms with Gasteiger partial charge in [-0.1, -0.05) is 24.4 Å². The van der Waals surface area contributed by atoms with E-state index in [0.29, 0.717) is 18.1 Å². The van der Waals surface area contributed by atoms with Crippen LogP contribution in [0.15, 0.2) is 18.2 Å². The van der Waals surface area contributed by atoms with Crippen LogP contribution in [0, 0.1) is 0 Å². The molecule has 0 atom stereocenters. The summed E-state index contributed by atoms with van der Waals surface area (Å²) in [4.78, 5) is 0. The lowest BCUT2D eigenvalue weighted by molar-refractivity contribution is -0.0288. The maximum Gasteiger partial charge on any atom is 0.151 e. The number of ether oxygens (including phenoxy) is 1. The first-order chi connectivity index (χ1) is 13.3. The predicted molar refractivity (Wildman–Crippen MR) is 105 cm³/mol. The average Bonchev–Trinajstić information content (AvgIpc) is 3.30. The number of nitrogens with zero attached hydrogens (tertiary/aromatic N) is 3. The summed E-state index contributed by atoms with van der Waals surface area (Å²) in [6.45, 7) is 1.54. The van der Waals surface area contributed by atoms with E-state index in [0.717, 1.165) is 55.4 Å². The number of aromatic nitrogens is 3. The Morgan fingerprint density at radius 1 is 0.963 bits per heavy atom. The van der Waals surface area contributed by atoms with Crippen LogP contribution in [-0.4, -0.2) is 27.0 Å². The molecule has 5 rings (SSSR count). The topological polar surface area (TPSA) is 52.0 Å². The van der Waals surface area contributed by atoms with Crippen molar-refractivity contribution in [2.24, 2.45) is 0 Å². The van der Waals surface area contributed by atoms with Crippen molar-refractivity contribution in [1.82, 2.24) is 20.1 Å². The van der Waals surface area contributed by atoms with Crippen LogP contribution in [0.3, 0.4) is 0 Å². The summed E-state index contributed by atoms with van der Waals surface area (Å²) in [6, 6.07) is 6.12. The molecule has 0 unspecified atom stereocenters. The average molecular weight is 387 g/mol. The zero-order chi connectivity index (χ0) is 18.2. The first-order valence-electron chi connectivity index (χ1n) is 10.4. The molecule has 3 aliphatic rings. The molecule has 27 heavy (non-hydrogen) atoms. The number of rotatable bonds is 3. The van der Waals surface area contributed by atoms with Gasteiger partial charge in [-0.25, -0.2) is 0 Å². The molecule has 2 fully saturated rings. The second kappa shape index (κ2) is 7.53. The highest BCUT2D eigenvalue weighted by atomic mass is 35.5. The van der Waals surface area contributed by atoms with Crippen LogP contribution >= 0.6 is 11.6 Å². The summed E-state index contributed by atoms with van der Waals surface area (Å²) in [6.07, 6.45) is 10.7. The molecule has 2 aromatic rings. The molecule has 0 amide bonds. The van der Waals surface area contributed by atoms with E-state index in [1.165, 1.54) is 36.9 Å². The van der Waals surface area contributed by atoms with Gasteiger partial charge in [0.1, 0.15) is 5.82 Å². The molecule has 2 heterocycles. The second-order valence-corrected chi connectivity index (χ2v) is 8.64. The van der Waals surface area contributed by atoms with Crippen molar-refractivity contribution in [1.29, 1.82) is 0 Å². The molecule has 1 aliphatic heterocycles. The van der Waals surface area contributed by atoms with Gasteiger partial charge in [0, 0.05) is 17.5 Å². The second-order valence-electron chi connectivity index (χ2n) is 8.20. The van der Waals surface area contributed by atoms with Crippen molar-refractivity contribution >= 4 is 11.6 Å². The van der Waals surface area contributed by atoms with Crippen LogP contribution < -0.4 is 5.32 Å². The van der Waals surface area contributed by atoms with E-state index in [-0.39, 0.29) is 0 Å². The molecule has 0 bridgehead atoms. The van der Waals surface area contributed by atoms with E-state index in [4.69, 9.17) is 16.3 Å². The Hall–Kier alpha value is -1.43. The minimum Gasteiger partial charge on any atom is -0.375 e. The Kier molecular flexibility index (Phi) is 4.92. The Bertz CT molecular complexity index is 807. The van der Waals surface area contributed by atoms with E-state index in [1.807, 2.05) is 6.07 Å². The van der Waals surface area contributed by atoms with E-state index in [2.05, 4.69) is 32.2 Å². The standard InChI is InChI=1S/C21H27ClN4O/c22-16-7-10-19-15(11-16)12-23-13-20-24-25-21(26(19)20)14-5-8-18(9-6-14)27-17-3-1-2-4-17/h7,10-11,14,17-18,23H,1-6,8-9,12-13H2. The molecule has 2 aliphatic carbocycles. The zero-order valence-electron chi connectivity index (χ0n) is 15.7. The van der Waals surface area contributed by atoms with Gasteiger partial charge in [0.25, 0.3) is 0 Å². The number of benzene rings is 1. The molecule has 2 saturated carbocycles. The zero-order valence-corrected chi connectivity index (χ0v) is 16.4. The third-order valence-electron chi connectivity index (χ3n) is 6.36. The smallest absolute Gasteiger partial charge is 0.151 e. The van der Waals surface area contributed by atoms with E-state index >= 15 is 0 Å². The molecular formula is C21H27ClN4O. The summed E-state index contributed by atoms with van der Waals surface area (Å²) in [5.41, 5.74) is 2.38. The Balaban J connectivity index is 1.36. The minimum absolute atomic E-state index is 0.434. The monoisotopic (exact) mass is 386 g/mol. The van der Waals surface area contributed by atoms with E-state index in [9.17, 15) is 0 Å². The highest BCUT2D eigenvalue weighted by Gasteiger charge is 2.31. The van der Waals surface area contributed by atoms with E-state index in [1.54, 1.807) is 0 Å². The van der Waals surface area contributed by atoms with Crippen LogP contribution in [0.2, 0.25) is 5.02 Å². The van der Waals surface area contributed by atoms with Crippen molar-refractivity contribution in [3.05, 3.63) is 40.4 Å². The van der Waals surface area contributed by atoms with Gasteiger partial charge < -0.3 is 10.1 Å². The fraction of sp³-hybridized carbons (Fsp3) is 0.619. The summed E-state index contributed by atoms with van der Waals surface area (Å²) in [7, 11) is 0. The number of hydrogen-bond acceptors (Lipinski definition) is 4. The molecule has 0 radical (unpaired) electrons.